The smallest absolute Gasteiger partial charge is 0.365 e. The van der Waals surface area contributed by atoms with Gasteiger partial charge in [0.25, 0.3) is 5.91 Å². The molecule has 0 bridgehead atoms. The van der Waals surface area contributed by atoms with Crippen LogP contribution in [-0.4, -0.2) is 44.4 Å². The van der Waals surface area contributed by atoms with E-state index in [1.165, 1.54) is 17.4 Å². The van der Waals surface area contributed by atoms with E-state index in [9.17, 15) is 18.0 Å². The van der Waals surface area contributed by atoms with Gasteiger partial charge in [0, 0.05) is 42.1 Å². The lowest BCUT2D eigenvalue weighted by Gasteiger charge is -2.48. The Morgan fingerprint density at radius 2 is 2.03 bits per heavy atom. The molecule has 1 amide bonds. The Morgan fingerprint density at radius 1 is 1.16 bits per heavy atom. The quantitative estimate of drug-likeness (QED) is 0.631. The van der Waals surface area contributed by atoms with Crippen LogP contribution >= 0.6 is 11.3 Å². The van der Waals surface area contributed by atoms with Gasteiger partial charge in [0.1, 0.15) is 16.5 Å². The number of piperidine rings is 1. The average molecular weight is 457 g/mol. The van der Waals surface area contributed by atoms with E-state index in [4.69, 9.17) is 0 Å². The van der Waals surface area contributed by atoms with Gasteiger partial charge in [0.05, 0.1) is 11.6 Å². The largest absolute Gasteiger partial charge is 0.417 e. The summed E-state index contributed by atoms with van der Waals surface area (Å²) in [5.41, 5.74) is 0.445. The summed E-state index contributed by atoms with van der Waals surface area (Å²) >= 11 is 1.46. The van der Waals surface area contributed by atoms with Crippen molar-refractivity contribution in [1.29, 1.82) is 0 Å². The molecule has 1 saturated heterocycles. The number of hydrogen-bond donors (Lipinski definition) is 1. The number of halogens is 3. The van der Waals surface area contributed by atoms with Crippen LogP contribution in [0, 0.1) is 11.3 Å². The van der Waals surface area contributed by atoms with Gasteiger partial charge in [-0.05, 0) is 48.4 Å². The van der Waals surface area contributed by atoms with Crippen LogP contribution in [0.15, 0.2) is 48.2 Å². The normalized spacial score (nSPS) is 28.0. The number of likely N-dealkylation sites (tertiary alicyclic amines) is 1. The van der Waals surface area contributed by atoms with Crippen molar-refractivity contribution in [3.8, 4) is 10.6 Å². The Balaban J connectivity index is 1.24. The highest BCUT2D eigenvalue weighted by Gasteiger charge is 2.75. The summed E-state index contributed by atoms with van der Waals surface area (Å²) in [6, 6.07) is 5.95. The van der Waals surface area contributed by atoms with Crippen molar-refractivity contribution in [2.45, 2.75) is 31.1 Å². The number of alkyl halides is 3. The van der Waals surface area contributed by atoms with Crippen molar-refractivity contribution >= 4 is 23.1 Å². The van der Waals surface area contributed by atoms with Crippen molar-refractivity contribution < 1.29 is 18.0 Å². The molecule has 0 radical (unpaired) electrons. The van der Waals surface area contributed by atoms with Crippen LogP contribution in [0.3, 0.4) is 0 Å². The summed E-state index contributed by atoms with van der Waals surface area (Å²) in [4.78, 5) is 28.1. The third-order valence-electron chi connectivity index (χ3n) is 6.96. The van der Waals surface area contributed by atoms with Crippen LogP contribution < -0.4 is 5.32 Å². The van der Waals surface area contributed by atoms with Gasteiger partial charge >= 0.3 is 6.18 Å². The number of amides is 1. The lowest BCUT2D eigenvalue weighted by atomic mass is 9.71. The first-order valence-electron chi connectivity index (χ1n) is 10.3. The Hall–Kier alpha value is -3.01. The number of nitrogens with one attached hydrogen (secondary N) is 1. The summed E-state index contributed by atoms with van der Waals surface area (Å²) in [6.45, 7) is 0.677. The van der Waals surface area contributed by atoms with E-state index < -0.39 is 11.7 Å². The molecule has 164 valence electrons. The molecular weight excluding hydrogens is 439 g/mol. The number of hydrogen-bond acceptors (Lipinski definition) is 6. The zero-order valence-electron chi connectivity index (χ0n) is 16.7. The molecule has 0 aromatic carbocycles. The number of aromatic nitrogens is 3. The fourth-order valence-corrected chi connectivity index (χ4v) is 6.10. The SMILES string of the molecule is O=C(c1ncccc1-c1nccs1)N1CC2CC23CC(Nc2ccc(C(F)(F)F)cn2)C13. The Bertz CT molecular complexity index is 1180. The zero-order valence-corrected chi connectivity index (χ0v) is 17.5. The highest BCUT2D eigenvalue weighted by Crippen LogP contribution is 2.71. The first-order valence-corrected chi connectivity index (χ1v) is 11.2. The van der Waals surface area contributed by atoms with E-state index in [-0.39, 0.29) is 23.4 Å². The molecule has 10 heteroatoms. The number of carbonyl (C=O) groups excluding carboxylic acids is 1. The van der Waals surface area contributed by atoms with Crippen molar-refractivity contribution in [3.63, 3.8) is 0 Å². The third kappa shape index (κ3) is 2.92. The summed E-state index contributed by atoms with van der Waals surface area (Å²) < 4.78 is 38.4. The van der Waals surface area contributed by atoms with Crippen LogP contribution in [-0.2, 0) is 6.18 Å². The van der Waals surface area contributed by atoms with E-state index in [2.05, 4.69) is 20.3 Å². The topological polar surface area (TPSA) is 71.0 Å². The predicted octanol–water partition coefficient (Wildman–Crippen LogP) is 4.33. The van der Waals surface area contributed by atoms with E-state index in [1.54, 1.807) is 18.5 Å². The molecule has 1 N–H and O–H groups in total. The van der Waals surface area contributed by atoms with Crippen LogP contribution in [0.4, 0.5) is 19.0 Å². The second-order valence-corrected chi connectivity index (χ2v) is 9.55. The standard InChI is InChI=1S/C22H18F3N5OS/c23-22(24,25)12-3-4-16(28-10-12)29-15-9-21-8-13(21)11-30(18(15)21)20(31)17-14(2-1-5-26-17)19-27-6-7-32-19/h1-7,10,13,15,18H,8-9,11H2,(H,28,29). The molecule has 2 aliphatic carbocycles. The minimum absolute atomic E-state index is 0.0183. The molecular formula is C22H18F3N5OS. The zero-order chi connectivity index (χ0) is 22.1. The molecule has 3 aliphatic rings. The molecule has 3 fully saturated rings. The number of anilines is 1. The summed E-state index contributed by atoms with van der Waals surface area (Å²) in [6.07, 6.45) is 1.70. The maximum atomic E-state index is 13.5. The van der Waals surface area contributed by atoms with Gasteiger partial charge in [-0.15, -0.1) is 11.3 Å². The van der Waals surface area contributed by atoms with Gasteiger partial charge in [0.15, 0.2) is 0 Å². The number of carbonyl (C=O) groups is 1. The van der Waals surface area contributed by atoms with Crippen LogP contribution in [0.5, 0.6) is 0 Å². The summed E-state index contributed by atoms with van der Waals surface area (Å²) in [7, 11) is 0. The highest BCUT2D eigenvalue weighted by atomic mass is 32.1. The lowest BCUT2D eigenvalue weighted by Crippen LogP contribution is -2.60. The Labute approximate surface area is 185 Å². The van der Waals surface area contributed by atoms with Crippen molar-refractivity contribution in [1.82, 2.24) is 19.9 Å². The molecule has 1 spiro atoms. The van der Waals surface area contributed by atoms with E-state index in [0.29, 0.717) is 24.0 Å². The molecule has 3 aromatic heterocycles. The fourth-order valence-electron chi connectivity index (χ4n) is 5.44. The van der Waals surface area contributed by atoms with Gasteiger partial charge in [-0.1, -0.05) is 0 Å². The van der Waals surface area contributed by atoms with E-state index in [1.807, 2.05) is 16.3 Å². The lowest BCUT2D eigenvalue weighted by molar-refractivity contribution is -0.137. The van der Waals surface area contributed by atoms with E-state index >= 15 is 0 Å². The van der Waals surface area contributed by atoms with Gasteiger partial charge < -0.3 is 10.2 Å². The predicted molar refractivity (Wildman–Crippen MR) is 112 cm³/mol. The molecule has 32 heavy (non-hydrogen) atoms. The second-order valence-electron chi connectivity index (χ2n) is 8.66. The van der Waals surface area contributed by atoms with Crippen molar-refractivity contribution in [2.75, 3.05) is 11.9 Å². The fraction of sp³-hybridized carbons (Fsp3) is 0.364. The molecule has 1 aliphatic heterocycles. The molecule has 4 heterocycles. The molecule has 3 aromatic rings. The van der Waals surface area contributed by atoms with Gasteiger partial charge in [-0.2, -0.15) is 13.2 Å². The molecule has 4 unspecified atom stereocenters. The second kappa shape index (κ2) is 6.74. The Kier molecular flexibility index (Phi) is 4.14. The van der Waals surface area contributed by atoms with Crippen molar-refractivity contribution in [2.24, 2.45) is 11.3 Å². The van der Waals surface area contributed by atoms with Gasteiger partial charge in [-0.3, -0.25) is 9.78 Å². The number of nitrogens with zero attached hydrogens (tertiary/aromatic N) is 4. The maximum absolute atomic E-state index is 13.5. The van der Waals surface area contributed by atoms with Gasteiger partial charge in [0.2, 0.25) is 0 Å². The minimum Gasteiger partial charge on any atom is -0.365 e. The van der Waals surface area contributed by atoms with Crippen LogP contribution in [0.25, 0.3) is 10.6 Å². The molecule has 6 nitrogen and oxygen atoms in total. The first-order chi connectivity index (χ1) is 15.4. The summed E-state index contributed by atoms with van der Waals surface area (Å²) in [5, 5.41) is 5.86. The number of thiazole rings is 1. The number of rotatable bonds is 4. The van der Waals surface area contributed by atoms with Gasteiger partial charge in [-0.25, -0.2) is 9.97 Å². The van der Waals surface area contributed by atoms with Crippen molar-refractivity contribution in [3.05, 3.63) is 59.5 Å². The number of pyridine rings is 2. The first kappa shape index (κ1) is 19.7. The Morgan fingerprint density at radius 3 is 2.75 bits per heavy atom. The monoisotopic (exact) mass is 457 g/mol. The highest BCUT2D eigenvalue weighted by molar-refractivity contribution is 7.13. The minimum atomic E-state index is -4.42. The molecule has 6 rings (SSSR count). The van der Waals surface area contributed by atoms with E-state index in [0.717, 1.165) is 35.7 Å². The molecule has 4 atom stereocenters. The average Bonchev–Trinajstić information content (AvgIpc) is 3.14. The third-order valence-corrected chi connectivity index (χ3v) is 7.77. The summed E-state index contributed by atoms with van der Waals surface area (Å²) in [5.74, 6) is 0.733. The maximum Gasteiger partial charge on any atom is 0.417 e. The molecule has 2 saturated carbocycles. The van der Waals surface area contributed by atoms with Crippen LogP contribution in [0.2, 0.25) is 0 Å². The van der Waals surface area contributed by atoms with Crippen LogP contribution in [0.1, 0.15) is 28.9 Å².